The second-order valence-corrected chi connectivity index (χ2v) is 4.76. The molecule has 0 aliphatic carbocycles. The van der Waals surface area contributed by atoms with Crippen LogP contribution in [-0.2, 0) is 4.74 Å². The van der Waals surface area contributed by atoms with Gasteiger partial charge in [-0.3, -0.25) is 4.79 Å². The van der Waals surface area contributed by atoms with Gasteiger partial charge in [0.15, 0.2) is 0 Å². The Morgan fingerprint density at radius 2 is 2.00 bits per heavy atom. The third-order valence-electron chi connectivity index (χ3n) is 1.80. The Morgan fingerprint density at radius 3 is 2.38 bits per heavy atom. The molecule has 0 spiro atoms. The fraction of sp³-hybridized carbons (Fsp3) is 0.889. The van der Waals surface area contributed by atoms with E-state index in [1.165, 1.54) is 0 Å². The summed E-state index contributed by atoms with van der Waals surface area (Å²) >= 11 is 1.85. The van der Waals surface area contributed by atoms with Gasteiger partial charge in [0.2, 0.25) is 13.7 Å². The average Bonchev–Trinajstić information content (AvgIpc) is 2.10. The largest absolute Gasteiger partial charge is 0.474 e. The van der Waals surface area contributed by atoms with E-state index >= 15 is 0 Å². The minimum atomic E-state index is -0.683. The number of carbonyl (C=O) groups is 1. The first kappa shape index (κ1) is 12.9. The summed E-state index contributed by atoms with van der Waals surface area (Å²) in [5, 5.41) is 0.990. The Bertz CT molecular complexity index is 149. The predicted octanol–water partition coefficient (Wildman–Crippen LogP) is 2.60. The molecule has 2 nitrogen and oxygen atoms in total. The van der Waals surface area contributed by atoms with Crippen LogP contribution in [0.25, 0.3) is 0 Å². The van der Waals surface area contributed by atoms with Crippen LogP contribution in [0.15, 0.2) is 0 Å². The van der Waals surface area contributed by atoms with Gasteiger partial charge in [-0.1, -0.05) is 13.8 Å². The van der Waals surface area contributed by atoms with Crippen molar-refractivity contribution in [2.75, 3.05) is 6.61 Å². The molecule has 0 amide bonds. The summed E-state index contributed by atoms with van der Waals surface area (Å²) in [6, 6.07) is 0. The molecule has 0 aromatic heterocycles. The molecular formula is C9H17BO2S. The smallest absolute Gasteiger partial charge is 0.235 e. The maximum atomic E-state index is 10.3. The summed E-state index contributed by atoms with van der Waals surface area (Å²) in [6.45, 7) is 6.80. The third-order valence-corrected chi connectivity index (χ3v) is 3.45. The maximum Gasteiger partial charge on any atom is 0.235 e. The first-order valence-electron chi connectivity index (χ1n) is 4.67. The van der Waals surface area contributed by atoms with Gasteiger partial charge in [0.1, 0.15) is 6.61 Å². The summed E-state index contributed by atoms with van der Waals surface area (Å²) < 4.78 is 4.71. The lowest BCUT2D eigenvalue weighted by atomic mass is 10.2. The molecule has 0 unspecified atom stereocenters. The van der Waals surface area contributed by atoms with Gasteiger partial charge in [-0.05, 0) is 19.8 Å². The van der Waals surface area contributed by atoms with Gasteiger partial charge in [-0.25, -0.2) is 0 Å². The van der Waals surface area contributed by atoms with Crippen LogP contribution in [0.3, 0.4) is 0 Å². The number of carbonyl (C=O) groups excluding carboxylic acids is 1. The van der Waals surface area contributed by atoms with E-state index in [0.29, 0.717) is 17.1 Å². The molecule has 0 N–H and O–H groups in total. The van der Waals surface area contributed by atoms with Crippen LogP contribution < -0.4 is 0 Å². The summed E-state index contributed by atoms with van der Waals surface area (Å²) in [6.07, 6.45) is 2.31. The Balaban J connectivity index is 3.59. The summed E-state index contributed by atoms with van der Waals surface area (Å²) in [5.74, 6) is -0.683. The highest BCUT2D eigenvalue weighted by Gasteiger charge is 2.10. The van der Waals surface area contributed by atoms with Gasteiger partial charge in [-0.2, -0.15) is 11.8 Å². The van der Waals surface area contributed by atoms with E-state index in [-0.39, 0.29) is 0 Å². The minimum absolute atomic E-state index is 0.331. The lowest BCUT2D eigenvalue weighted by Gasteiger charge is -2.17. The Hall–Kier alpha value is -0.115. The van der Waals surface area contributed by atoms with Crippen molar-refractivity contribution in [3.05, 3.63) is 0 Å². The molecule has 0 aliphatic rings. The van der Waals surface area contributed by atoms with Crippen LogP contribution >= 0.6 is 11.8 Å². The molecule has 0 bridgehead atoms. The van der Waals surface area contributed by atoms with Gasteiger partial charge in [-0.15, -0.1) is 0 Å². The molecule has 1 atom stereocenters. The average molecular weight is 200 g/mol. The quantitative estimate of drug-likeness (QED) is 0.616. The monoisotopic (exact) mass is 200 g/mol. The van der Waals surface area contributed by atoms with E-state index in [0.717, 1.165) is 12.8 Å². The highest BCUT2D eigenvalue weighted by atomic mass is 32.2. The molecule has 74 valence electrons. The minimum Gasteiger partial charge on any atom is -0.474 e. The van der Waals surface area contributed by atoms with Gasteiger partial charge in [0.05, 0.1) is 0 Å². The zero-order chi connectivity index (χ0) is 10.3. The van der Waals surface area contributed by atoms with E-state index in [9.17, 15) is 4.79 Å². The molecule has 0 saturated carbocycles. The van der Waals surface area contributed by atoms with Gasteiger partial charge in [0.25, 0.3) is 0 Å². The normalized spacial score (nSPS) is 12.9. The Labute approximate surface area is 86.2 Å². The van der Waals surface area contributed by atoms with Crippen molar-refractivity contribution in [1.82, 2.24) is 0 Å². The third kappa shape index (κ3) is 6.99. The van der Waals surface area contributed by atoms with Gasteiger partial charge < -0.3 is 4.74 Å². The standard InChI is InChI=1S/C9H17BO2S/c1-4-8(5-2)13-7(3)6-12-9(10)11/h7-8H,4-6H2,1-3H3/t7-/m0/s1. The van der Waals surface area contributed by atoms with Crippen LogP contribution in [0.4, 0.5) is 4.79 Å². The van der Waals surface area contributed by atoms with Crippen LogP contribution in [-0.4, -0.2) is 30.8 Å². The molecule has 0 aliphatic heterocycles. The zero-order valence-corrected chi connectivity index (χ0v) is 9.39. The molecule has 0 aromatic rings. The van der Waals surface area contributed by atoms with E-state index in [1.807, 2.05) is 18.7 Å². The SMILES string of the molecule is [B]C(=O)OC[C@H](C)SC(CC)CC. The first-order valence-corrected chi connectivity index (χ1v) is 5.62. The Morgan fingerprint density at radius 1 is 1.46 bits per heavy atom. The van der Waals surface area contributed by atoms with Crippen molar-refractivity contribution >= 4 is 25.5 Å². The lowest BCUT2D eigenvalue weighted by molar-refractivity contribution is 0.175. The fourth-order valence-electron chi connectivity index (χ4n) is 1.05. The molecule has 0 rings (SSSR count). The van der Waals surface area contributed by atoms with E-state index in [4.69, 9.17) is 12.6 Å². The van der Waals surface area contributed by atoms with Crippen LogP contribution in [0.5, 0.6) is 0 Å². The zero-order valence-electron chi connectivity index (χ0n) is 8.58. The van der Waals surface area contributed by atoms with Crippen molar-refractivity contribution in [3.8, 4) is 0 Å². The second-order valence-electron chi connectivity index (χ2n) is 3.02. The Kier molecular flexibility index (Phi) is 7.24. The van der Waals surface area contributed by atoms with Crippen LogP contribution in [0.1, 0.15) is 33.6 Å². The maximum absolute atomic E-state index is 10.3. The van der Waals surface area contributed by atoms with E-state index in [2.05, 4.69) is 13.8 Å². The molecule has 13 heavy (non-hydrogen) atoms. The van der Waals surface area contributed by atoms with Crippen molar-refractivity contribution in [2.45, 2.75) is 44.1 Å². The van der Waals surface area contributed by atoms with E-state index in [1.54, 1.807) is 0 Å². The molecule has 4 heteroatoms. The number of ether oxygens (including phenoxy) is 1. The first-order chi connectivity index (χ1) is 6.10. The molecule has 0 fully saturated rings. The molecule has 0 aromatic carbocycles. The molecule has 0 saturated heterocycles. The summed E-state index contributed by atoms with van der Waals surface area (Å²) in [5.41, 5.74) is 0. The summed E-state index contributed by atoms with van der Waals surface area (Å²) in [7, 11) is 4.87. The van der Waals surface area contributed by atoms with Crippen molar-refractivity contribution in [1.29, 1.82) is 0 Å². The fourth-order valence-corrected chi connectivity index (χ4v) is 2.24. The summed E-state index contributed by atoms with van der Waals surface area (Å²) in [4.78, 5) is 10.3. The van der Waals surface area contributed by atoms with Crippen LogP contribution in [0, 0.1) is 0 Å². The molecule has 0 heterocycles. The topological polar surface area (TPSA) is 26.3 Å². The number of hydrogen-bond acceptors (Lipinski definition) is 3. The number of thioether (sulfide) groups is 1. The van der Waals surface area contributed by atoms with Crippen LogP contribution in [0.2, 0.25) is 0 Å². The highest BCUT2D eigenvalue weighted by molar-refractivity contribution is 8.00. The van der Waals surface area contributed by atoms with Crippen molar-refractivity contribution < 1.29 is 9.53 Å². The second kappa shape index (κ2) is 7.30. The number of hydrogen-bond donors (Lipinski definition) is 0. The van der Waals surface area contributed by atoms with Gasteiger partial charge >= 0.3 is 0 Å². The molecule has 2 radical (unpaired) electrons. The van der Waals surface area contributed by atoms with Gasteiger partial charge in [0, 0.05) is 10.5 Å². The van der Waals surface area contributed by atoms with Crippen molar-refractivity contribution in [2.24, 2.45) is 0 Å². The highest BCUT2D eigenvalue weighted by Crippen LogP contribution is 2.22. The van der Waals surface area contributed by atoms with Crippen molar-refractivity contribution in [3.63, 3.8) is 0 Å². The predicted molar refractivity (Wildman–Crippen MR) is 58.5 cm³/mol. The number of rotatable bonds is 6. The lowest BCUT2D eigenvalue weighted by Crippen LogP contribution is -2.15. The molecular weight excluding hydrogens is 183 g/mol. The van der Waals surface area contributed by atoms with E-state index < -0.39 is 5.87 Å².